The van der Waals surface area contributed by atoms with Crippen LogP contribution in [0.15, 0.2) is 42.5 Å². The summed E-state index contributed by atoms with van der Waals surface area (Å²) in [6.45, 7) is 4.51. The highest BCUT2D eigenvalue weighted by Gasteiger charge is 2.12. The summed E-state index contributed by atoms with van der Waals surface area (Å²) < 4.78 is 6.03. The number of nitrogens with two attached hydrogens (primary N) is 1. The second kappa shape index (κ2) is 6.09. The van der Waals surface area contributed by atoms with Crippen LogP contribution in [-0.4, -0.2) is 6.54 Å². The van der Waals surface area contributed by atoms with E-state index < -0.39 is 0 Å². The first-order valence-electron chi connectivity index (χ1n) is 6.29. The second-order valence-corrected chi connectivity index (χ2v) is 5.10. The van der Waals surface area contributed by atoms with Gasteiger partial charge in [0.15, 0.2) is 0 Å². The average molecular weight is 276 g/mol. The molecule has 0 fully saturated rings. The maximum absolute atomic E-state index is 6.03. The maximum atomic E-state index is 6.03. The minimum Gasteiger partial charge on any atom is -0.484 e. The molecule has 2 aromatic rings. The van der Waals surface area contributed by atoms with Gasteiger partial charge in [0.1, 0.15) is 11.9 Å². The predicted octanol–water partition coefficient (Wildman–Crippen LogP) is 4.04. The van der Waals surface area contributed by atoms with Gasteiger partial charge in [0.2, 0.25) is 0 Å². The zero-order valence-electron chi connectivity index (χ0n) is 11.2. The number of halogens is 1. The van der Waals surface area contributed by atoms with Crippen LogP contribution in [0.5, 0.6) is 5.75 Å². The van der Waals surface area contributed by atoms with Crippen LogP contribution in [0.4, 0.5) is 0 Å². The fourth-order valence-electron chi connectivity index (χ4n) is 1.92. The Morgan fingerprint density at radius 1 is 1.11 bits per heavy atom. The van der Waals surface area contributed by atoms with E-state index in [2.05, 4.69) is 12.1 Å². The highest BCUT2D eigenvalue weighted by molar-refractivity contribution is 6.30. The number of rotatable bonds is 4. The van der Waals surface area contributed by atoms with Gasteiger partial charge in [-0.25, -0.2) is 0 Å². The van der Waals surface area contributed by atoms with Crippen LogP contribution in [0.2, 0.25) is 5.02 Å². The molecule has 19 heavy (non-hydrogen) atoms. The summed E-state index contributed by atoms with van der Waals surface area (Å²) in [7, 11) is 0. The standard InChI is InChI=1S/C16H18ClNO/c1-11-3-4-12(2)15(9-11)19-16(10-18)13-5-7-14(17)8-6-13/h3-9,16H,10,18H2,1-2H3. The molecule has 0 radical (unpaired) electrons. The summed E-state index contributed by atoms with van der Waals surface area (Å²) in [5.74, 6) is 0.880. The van der Waals surface area contributed by atoms with Crippen LogP contribution in [0.1, 0.15) is 22.8 Å². The molecule has 0 saturated carbocycles. The van der Waals surface area contributed by atoms with Crippen LogP contribution < -0.4 is 10.5 Å². The van der Waals surface area contributed by atoms with Crippen molar-refractivity contribution in [1.29, 1.82) is 0 Å². The molecule has 0 spiro atoms. The third kappa shape index (κ3) is 3.49. The molecule has 0 heterocycles. The molecule has 2 aromatic carbocycles. The molecule has 1 atom stereocenters. The van der Waals surface area contributed by atoms with Crippen LogP contribution in [0.25, 0.3) is 0 Å². The Bertz CT molecular complexity index is 551. The van der Waals surface area contributed by atoms with Crippen LogP contribution in [0.3, 0.4) is 0 Å². The zero-order valence-corrected chi connectivity index (χ0v) is 11.9. The Morgan fingerprint density at radius 3 is 2.42 bits per heavy atom. The van der Waals surface area contributed by atoms with Gasteiger partial charge in [0, 0.05) is 11.6 Å². The van der Waals surface area contributed by atoms with Crippen molar-refractivity contribution in [1.82, 2.24) is 0 Å². The van der Waals surface area contributed by atoms with Gasteiger partial charge in [0.25, 0.3) is 0 Å². The summed E-state index contributed by atoms with van der Waals surface area (Å²) in [6, 6.07) is 13.8. The number of aryl methyl sites for hydroxylation is 2. The first-order chi connectivity index (χ1) is 9.10. The van der Waals surface area contributed by atoms with Gasteiger partial charge < -0.3 is 10.5 Å². The fourth-order valence-corrected chi connectivity index (χ4v) is 2.04. The predicted molar refractivity (Wildman–Crippen MR) is 79.8 cm³/mol. The molecule has 100 valence electrons. The zero-order chi connectivity index (χ0) is 13.8. The third-order valence-electron chi connectivity index (χ3n) is 3.07. The van der Waals surface area contributed by atoms with Gasteiger partial charge in [-0.15, -0.1) is 0 Å². The van der Waals surface area contributed by atoms with E-state index in [1.807, 2.05) is 44.2 Å². The minimum absolute atomic E-state index is 0.155. The molecule has 3 heteroatoms. The van der Waals surface area contributed by atoms with E-state index >= 15 is 0 Å². The summed E-state index contributed by atoms with van der Waals surface area (Å²) in [5, 5.41) is 0.714. The van der Waals surface area contributed by atoms with Crippen LogP contribution >= 0.6 is 11.6 Å². The van der Waals surface area contributed by atoms with E-state index in [1.54, 1.807) is 0 Å². The molecule has 2 rings (SSSR count). The SMILES string of the molecule is Cc1ccc(C)c(OC(CN)c2ccc(Cl)cc2)c1. The highest BCUT2D eigenvalue weighted by atomic mass is 35.5. The molecular weight excluding hydrogens is 258 g/mol. The Kier molecular flexibility index (Phi) is 4.46. The highest BCUT2D eigenvalue weighted by Crippen LogP contribution is 2.26. The topological polar surface area (TPSA) is 35.2 Å². The van der Waals surface area contributed by atoms with Gasteiger partial charge >= 0.3 is 0 Å². The Morgan fingerprint density at radius 2 is 1.79 bits per heavy atom. The first-order valence-corrected chi connectivity index (χ1v) is 6.67. The quantitative estimate of drug-likeness (QED) is 0.914. The van der Waals surface area contributed by atoms with Crippen molar-refractivity contribution in [3.05, 3.63) is 64.2 Å². The van der Waals surface area contributed by atoms with Crippen molar-refractivity contribution < 1.29 is 4.74 Å². The van der Waals surface area contributed by atoms with E-state index in [-0.39, 0.29) is 6.10 Å². The fraction of sp³-hybridized carbons (Fsp3) is 0.250. The number of ether oxygens (including phenoxy) is 1. The van der Waals surface area contributed by atoms with Crippen molar-refractivity contribution in [2.75, 3.05) is 6.54 Å². The first kappa shape index (κ1) is 13.9. The van der Waals surface area contributed by atoms with Crippen molar-refractivity contribution in [2.45, 2.75) is 20.0 Å². The molecule has 1 unspecified atom stereocenters. The molecule has 0 aromatic heterocycles. The smallest absolute Gasteiger partial charge is 0.136 e. The lowest BCUT2D eigenvalue weighted by Crippen LogP contribution is -2.18. The average Bonchev–Trinajstić information content (AvgIpc) is 2.41. The summed E-state index contributed by atoms with van der Waals surface area (Å²) in [4.78, 5) is 0. The third-order valence-corrected chi connectivity index (χ3v) is 3.32. The lowest BCUT2D eigenvalue weighted by molar-refractivity contribution is 0.212. The second-order valence-electron chi connectivity index (χ2n) is 4.66. The monoisotopic (exact) mass is 275 g/mol. The Labute approximate surface area is 119 Å². The summed E-state index contributed by atoms with van der Waals surface area (Å²) in [6.07, 6.45) is -0.155. The van der Waals surface area contributed by atoms with Gasteiger partial charge in [-0.2, -0.15) is 0 Å². The minimum atomic E-state index is -0.155. The Hall–Kier alpha value is -1.51. The number of hydrogen-bond donors (Lipinski definition) is 1. The van der Waals surface area contributed by atoms with Crippen molar-refractivity contribution in [3.8, 4) is 5.75 Å². The normalized spacial score (nSPS) is 12.2. The number of hydrogen-bond acceptors (Lipinski definition) is 2. The van der Waals surface area contributed by atoms with E-state index in [9.17, 15) is 0 Å². The van der Waals surface area contributed by atoms with Gasteiger partial charge in [-0.1, -0.05) is 35.9 Å². The molecule has 0 aliphatic carbocycles. The molecule has 2 N–H and O–H groups in total. The van der Waals surface area contributed by atoms with Crippen molar-refractivity contribution in [2.24, 2.45) is 5.73 Å². The van der Waals surface area contributed by atoms with Gasteiger partial charge in [-0.3, -0.25) is 0 Å². The molecule has 2 nitrogen and oxygen atoms in total. The van der Waals surface area contributed by atoms with Crippen molar-refractivity contribution >= 4 is 11.6 Å². The maximum Gasteiger partial charge on any atom is 0.136 e. The molecule has 0 saturated heterocycles. The van der Waals surface area contributed by atoms with E-state index in [0.717, 1.165) is 16.9 Å². The summed E-state index contributed by atoms with van der Waals surface area (Å²) in [5.41, 5.74) is 9.14. The largest absolute Gasteiger partial charge is 0.484 e. The Balaban J connectivity index is 2.23. The molecule has 0 bridgehead atoms. The van der Waals surface area contributed by atoms with E-state index in [1.165, 1.54) is 5.56 Å². The van der Waals surface area contributed by atoms with Crippen molar-refractivity contribution in [3.63, 3.8) is 0 Å². The van der Waals surface area contributed by atoms with E-state index in [0.29, 0.717) is 11.6 Å². The molecular formula is C16H18ClNO. The molecule has 0 aliphatic rings. The molecule has 0 amide bonds. The molecule has 0 aliphatic heterocycles. The lowest BCUT2D eigenvalue weighted by Gasteiger charge is -2.19. The van der Waals surface area contributed by atoms with Crippen LogP contribution in [0, 0.1) is 13.8 Å². The van der Waals surface area contributed by atoms with E-state index in [4.69, 9.17) is 22.1 Å². The summed E-state index contributed by atoms with van der Waals surface area (Å²) >= 11 is 5.89. The lowest BCUT2D eigenvalue weighted by atomic mass is 10.1. The van der Waals surface area contributed by atoms with Gasteiger partial charge in [-0.05, 0) is 48.7 Å². The van der Waals surface area contributed by atoms with Crippen LogP contribution in [-0.2, 0) is 0 Å². The number of benzene rings is 2. The van der Waals surface area contributed by atoms with Gasteiger partial charge in [0.05, 0.1) is 0 Å².